The van der Waals surface area contributed by atoms with Crippen LogP contribution in [0.2, 0.25) is 0 Å². The Morgan fingerprint density at radius 1 is 0.458 bits per heavy atom. The molecule has 1 aromatic heterocycles. The number of thiophene rings is 1. The molecule has 2 aliphatic heterocycles. The molecule has 0 bridgehead atoms. The van der Waals surface area contributed by atoms with Crippen molar-refractivity contribution in [3.63, 3.8) is 0 Å². The summed E-state index contributed by atoms with van der Waals surface area (Å²) >= 11 is 1.90. The SMILES string of the molecule is Cc1cc2c3c(c1)N(c1cccc(-c4cccc5c4sc4ccccc45)c1)c1cc(C(C)(C)C)ccc1B3c1cc(C(C)(C)C)ccc1N2c1ccc(C(C)(C)C)cc1. The third kappa shape index (κ3) is 6.13. The summed E-state index contributed by atoms with van der Waals surface area (Å²) in [6.07, 6.45) is 0. The van der Waals surface area contributed by atoms with Crippen LogP contribution in [-0.2, 0) is 16.2 Å². The van der Waals surface area contributed by atoms with Gasteiger partial charge in [0.2, 0.25) is 0 Å². The lowest BCUT2D eigenvalue weighted by molar-refractivity contribution is 0.590. The van der Waals surface area contributed by atoms with Crippen molar-refractivity contribution in [1.82, 2.24) is 0 Å². The highest BCUT2D eigenvalue weighted by atomic mass is 32.1. The van der Waals surface area contributed by atoms with Crippen LogP contribution >= 0.6 is 11.3 Å². The van der Waals surface area contributed by atoms with Crippen molar-refractivity contribution in [1.29, 1.82) is 0 Å². The fourth-order valence-electron chi connectivity index (χ4n) is 9.52. The first kappa shape index (κ1) is 37.7. The van der Waals surface area contributed by atoms with Crippen LogP contribution in [0.3, 0.4) is 0 Å². The van der Waals surface area contributed by atoms with Crippen molar-refractivity contribution in [3.05, 3.63) is 162 Å². The van der Waals surface area contributed by atoms with Gasteiger partial charge in [0.1, 0.15) is 0 Å². The average Bonchev–Trinajstić information content (AvgIpc) is 3.58. The van der Waals surface area contributed by atoms with Crippen LogP contribution in [0.4, 0.5) is 34.1 Å². The maximum absolute atomic E-state index is 2.58. The molecule has 292 valence electrons. The van der Waals surface area contributed by atoms with Crippen LogP contribution in [0.1, 0.15) is 84.6 Å². The van der Waals surface area contributed by atoms with Gasteiger partial charge in [-0.2, -0.15) is 0 Å². The molecule has 0 unspecified atom stereocenters. The van der Waals surface area contributed by atoms with Crippen LogP contribution in [-0.4, -0.2) is 6.71 Å². The molecule has 2 nitrogen and oxygen atoms in total. The van der Waals surface area contributed by atoms with Gasteiger partial charge in [-0.05, 0) is 128 Å². The van der Waals surface area contributed by atoms with E-state index >= 15 is 0 Å². The van der Waals surface area contributed by atoms with E-state index in [4.69, 9.17) is 0 Å². The minimum atomic E-state index is -0.0166. The van der Waals surface area contributed by atoms with E-state index in [2.05, 4.69) is 219 Å². The minimum Gasteiger partial charge on any atom is -0.311 e. The largest absolute Gasteiger partial charge is 0.311 e. The molecule has 0 saturated carbocycles. The number of nitrogens with zero attached hydrogens (tertiary/aromatic N) is 2. The van der Waals surface area contributed by atoms with E-state index in [1.807, 2.05) is 11.3 Å². The Balaban J connectivity index is 1.25. The van der Waals surface area contributed by atoms with Crippen LogP contribution in [0.25, 0.3) is 31.3 Å². The Hall–Kier alpha value is -5.58. The molecule has 7 aromatic carbocycles. The Labute approximate surface area is 355 Å². The predicted octanol–water partition coefficient (Wildman–Crippen LogP) is 14.0. The Morgan fingerprint density at radius 3 is 1.78 bits per heavy atom. The number of fused-ring (bicyclic) bond motifs is 7. The van der Waals surface area contributed by atoms with Crippen LogP contribution in [0.5, 0.6) is 0 Å². The van der Waals surface area contributed by atoms with Gasteiger partial charge in [0.15, 0.2) is 0 Å². The lowest BCUT2D eigenvalue weighted by Crippen LogP contribution is -2.61. The van der Waals surface area contributed by atoms with Gasteiger partial charge >= 0.3 is 0 Å². The van der Waals surface area contributed by atoms with E-state index in [9.17, 15) is 0 Å². The highest BCUT2D eigenvalue weighted by molar-refractivity contribution is 7.26. The quantitative estimate of drug-likeness (QED) is 0.165. The van der Waals surface area contributed by atoms with Gasteiger partial charge < -0.3 is 9.80 Å². The summed E-state index contributed by atoms with van der Waals surface area (Å²) in [5, 5.41) is 2.65. The average molecular weight is 785 g/mol. The Bertz CT molecular complexity index is 2970. The van der Waals surface area contributed by atoms with Gasteiger partial charge in [-0.1, -0.05) is 147 Å². The molecule has 0 fully saturated rings. The van der Waals surface area contributed by atoms with Crippen LogP contribution in [0.15, 0.2) is 140 Å². The zero-order valence-corrected chi connectivity index (χ0v) is 37.0. The van der Waals surface area contributed by atoms with Crippen LogP contribution < -0.4 is 26.2 Å². The second-order valence-corrected chi connectivity index (χ2v) is 21.0. The number of rotatable bonds is 3. The summed E-state index contributed by atoms with van der Waals surface area (Å²) < 4.78 is 2.67. The summed E-state index contributed by atoms with van der Waals surface area (Å²) in [6.45, 7) is 23.2. The monoisotopic (exact) mass is 784 g/mol. The fraction of sp³-hybridized carbons (Fsp3) is 0.236. The summed E-state index contributed by atoms with van der Waals surface area (Å²) in [7, 11) is 0. The Kier molecular flexibility index (Phi) is 8.44. The first-order valence-electron chi connectivity index (χ1n) is 21.2. The van der Waals surface area contributed by atoms with E-state index in [1.165, 1.54) is 104 Å². The maximum Gasteiger partial charge on any atom is 0.252 e. The highest BCUT2D eigenvalue weighted by Gasteiger charge is 2.44. The van der Waals surface area contributed by atoms with Crippen molar-refractivity contribution >= 4 is 88.7 Å². The number of benzene rings is 7. The summed E-state index contributed by atoms with van der Waals surface area (Å²) in [6, 6.07) is 53.7. The zero-order valence-electron chi connectivity index (χ0n) is 36.2. The number of aryl methyl sites for hydroxylation is 1. The molecular weight excluding hydrogens is 731 g/mol. The van der Waals surface area contributed by atoms with Gasteiger partial charge in [-0.15, -0.1) is 11.3 Å². The van der Waals surface area contributed by atoms with E-state index in [0.717, 1.165) is 0 Å². The molecule has 0 spiro atoms. The molecule has 0 saturated heterocycles. The number of anilines is 6. The molecule has 3 heterocycles. The van der Waals surface area contributed by atoms with Gasteiger partial charge in [0.25, 0.3) is 6.71 Å². The molecule has 4 heteroatoms. The summed E-state index contributed by atoms with van der Waals surface area (Å²) in [5.41, 5.74) is 19.3. The highest BCUT2D eigenvalue weighted by Crippen LogP contribution is 2.47. The standard InChI is InChI=1S/C55H53BN2S/c1-34-29-48-51-49(30-34)58(40-16-13-15-35(31-40)41-18-14-19-43-42-17-11-12-20-50(42)59-52(41)43)47-33-38(55(8,9)10)23-27-44(47)56(51)45-32-37(54(5,6)7)24-28-46(45)57(48)39-25-21-36(22-26-39)53(2,3)4/h11-33H,1-10H3. The minimum absolute atomic E-state index is 0.00192. The van der Waals surface area contributed by atoms with Crippen LogP contribution in [0, 0.1) is 6.92 Å². The van der Waals surface area contributed by atoms with Crippen molar-refractivity contribution in [2.75, 3.05) is 9.80 Å². The molecule has 0 aliphatic carbocycles. The molecule has 10 rings (SSSR count). The first-order chi connectivity index (χ1) is 28.1. The first-order valence-corrected chi connectivity index (χ1v) is 22.0. The molecule has 59 heavy (non-hydrogen) atoms. The van der Waals surface area contributed by atoms with E-state index in [0.29, 0.717) is 0 Å². The summed E-state index contributed by atoms with van der Waals surface area (Å²) in [4.78, 5) is 5.13. The molecule has 0 radical (unpaired) electrons. The van der Waals surface area contributed by atoms with Crippen molar-refractivity contribution < 1.29 is 0 Å². The lowest BCUT2D eigenvalue weighted by atomic mass is 9.33. The fourth-order valence-corrected chi connectivity index (χ4v) is 10.8. The van der Waals surface area contributed by atoms with E-state index < -0.39 is 0 Å². The summed E-state index contributed by atoms with van der Waals surface area (Å²) in [5.74, 6) is 0. The third-order valence-corrected chi connectivity index (χ3v) is 14.0. The zero-order chi connectivity index (χ0) is 41.2. The third-order valence-electron chi connectivity index (χ3n) is 12.8. The van der Waals surface area contributed by atoms with Gasteiger partial charge in [0.05, 0.1) is 0 Å². The van der Waals surface area contributed by atoms with E-state index in [1.54, 1.807) is 0 Å². The lowest BCUT2D eigenvalue weighted by Gasteiger charge is -2.45. The number of hydrogen-bond acceptors (Lipinski definition) is 3. The predicted molar refractivity (Wildman–Crippen MR) is 260 cm³/mol. The van der Waals surface area contributed by atoms with Gasteiger partial charge in [-0.3, -0.25) is 0 Å². The second-order valence-electron chi connectivity index (χ2n) is 20.0. The van der Waals surface area contributed by atoms with Crippen molar-refractivity contribution in [3.8, 4) is 11.1 Å². The molecule has 0 atom stereocenters. The normalized spacial score (nSPS) is 13.8. The molecule has 2 aliphatic rings. The maximum atomic E-state index is 2.58. The second kappa shape index (κ2) is 13.2. The molecule has 0 N–H and O–H groups in total. The topological polar surface area (TPSA) is 6.48 Å². The van der Waals surface area contributed by atoms with E-state index in [-0.39, 0.29) is 23.0 Å². The van der Waals surface area contributed by atoms with Crippen molar-refractivity contribution in [2.24, 2.45) is 0 Å². The molecule has 0 amide bonds. The van der Waals surface area contributed by atoms with Gasteiger partial charge in [-0.25, -0.2) is 0 Å². The number of hydrogen-bond donors (Lipinski definition) is 0. The Morgan fingerprint density at radius 2 is 1.07 bits per heavy atom. The van der Waals surface area contributed by atoms with Gasteiger partial charge in [0, 0.05) is 54.3 Å². The van der Waals surface area contributed by atoms with Crippen molar-refractivity contribution in [2.45, 2.75) is 85.5 Å². The molecular formula is C55H53BN2S. The molecule has 8 aromatic rings. The smallest absolute Gasteiger partial charge is 0.252 e.